The van der Waals surface area contributed by atoms with Crippen LogP contribution in [0.25, 0.3) is 0 Å². The molecule has 0 saturated carbocycles. The van der Waals surface area contributed by atoms with Crippen molar-refractivity contribution in [2.24, 2.45) is 0 Å². The number of ether oxygens (including phenoxy) is 1. The van der Waals surface area contributed by atoms with Crippen LogP contribution in [0.15, 0.2) is 0 Å². The number of hydrogen-bond donors (Lipinski definition) is 1. The van der Waals surface area contributed by atoms with Crippen molar-refractivity contribution in [3.63, 3.8) is 0 Å². The number of piperidine rings is 1. The van der Waals surface area contributed by atoms with Crippen LogP contribution in [-0.4, -0.2) is 53.5 Å². The number of carbonyl (C=O) groups excluding carboxylic acids is 1. The molecule has 3 rings (SSSR count). The molecule has 1 amide bonds. The highest BCUT2D eigenvalue weighted by Gasteiger charge is 2.46. The van der Waals surface area contributed by atoms with E-state index in [1.807, 2.05) is 0 Å². The molecule has 8 heteroatoms. The maximum absolute atomic E-state index is 11.5. The fraction of sp³-hybridized carbons (Fsp3) is 0.700. The van der Waals surface area contributed by atoms with E-state index >= 15 is 0 Å². The fourth-order valence-corrected chi connectivity index (χ4v) is 3.26. The van der Waals surface area contributed by atoms with Crippen molar-refractivity contribution < 1.29 is 9.53 Å². The lowest BCUT2D eigenvalue weighted by Gasteiger charge is -2.37. The van der Waals surface area contributed by atoms with E-state index in [1.54, 1.807) is 11.9 Å². The van der Waals surface area contributed by atoms with Crippen LogP contribution in [0, 0.1) is 0 Å². The Balaban J connectivity index is 1.78. The Morgan fingerprint density at radius 1 is 1.44 bits per heavy atom. The van der Waals surface area contributed by atoms with Gasteiger partial charge in [-0.2, -0.15) is 0 Å². The lowest BCUT2D eigenvalue weighted by molar-refractivity contribution is 0.0447. The van der Waals surface area contributed by atoms with E-state index in [4.69, 9.17) is 10.5 Å². The minimum absolute atomic E-state index is 0.242. The first-order chi connectivity index (χ1) is 8.58. The van der Waals surface area contributed by atoms with E-state index in [0.717, 1.165) is 24.5 Å². The van der Waals surface area contributed by atoms with E-state index in [9.17, 15) is 4.79 Å². The van der Waals surface area contributed by atoms with E-state index in [2.05, 4.69) is 15.1 Å². The van der Waals surface area contributed by atoms with Gasteiger partial charge in [-0.05, 0) is 12.8 Å². The highest BCUT2D eigenvalue weighted by molar-refractivity contribution is 7.18. The molecule has 2 N–H and O–H groups in total. The van der Waals surface area contributed by atoms with Crippen molar-refractivity contribution in [2.75, 3.05) is 37.3 Å². The van der Waals surface area contributed by atoms with Crippen LogP contribution in [0.4, 0.5) is 15.1 Å². The predicted molar refractivity (Wildman–Crippen MR) is 67.6 cm³/mol. The summed E-state index contributed by atoms with van der Waals surface area (Å²) in [6.07, 6.45) is 1.63. The van der Waals surface area contributed by atoms with Gasteiger partial charge in [-0.3, -0.25) is 0 Å². The Morgan fingerprint density at radius 3 is 2.89 bits per heavy atom. The third-order valence-corrected chi connectivity index (χ3v) is 4.19. The van der Waals surface area contributed by atoms with Crippen molar-refractivity contribution in [2.45, 2.75) is 18.4 Å². The van der Waals surface area contributed by atoms with Gasteiger partial charge in [0.15, 0.2) is 0 Å². The van der Waals surface area contributed by atoms with Gasteiger partial charge in [-0.25, -0.2) is 4.79 Å². The molecule has 98 valence electrons. The second kappa shape index (κ2) is 3.98. The summed E-state index contributed by atoms with van der Waals surface area (Å²) in [4.78, 5) is 15.3. The molecule has 2 aliphatic rings. The Bertz CT molecular complexity index is 479. The zero-order valence-electron chi connectivity index (χ0n) is 10.1. The van der Waals surface area contributed by atoms with E-state index < -0.39 is 5.60 Å². The van der Waals surface area contributed by atoms with Gasteiger partial charge in [0.1, 0.15) is 5.60 Å². The first-order valence-corrected chi connectivity index (χ1v) is 6.68. The van der Waals surface area contributed by atoms with Crippen LogP contribution >= 0.6 is 11.3 Å². The summed E-state index contributed by atoms with van der Waals surface area (Å²) < 4.78 is 5.53. The lowest BCUT2D eigenvalue weighted by atomic mass is 9.93. The lowest BCUT2D eigenvalue weighted by Crippen LogP contribution is -2.50. The molecule has 7 nitrogen and oxygen atoms in total. The van der Waals surface area contributed by atoms with Crippen molar-refractivity contribution in [3.05, 3.63) is 0 Å². The monoisotopic (exact) mass is 269 g/mol. The third-order valence-electron chi connectivity index (χ3n) is 3.38. The van der Waals surface area contributed by atoms with Crippen molar-refractivity contribution in [1.29, 1.82) is 0 Å². The van der Waals surface area contributed by atoms with Crippen LogP contribution in [0.1, 0.15) is 12.8 Å². The first-order valence-electron chi connectivity index (χ1n) is 5.86. The molecule has 0 aromatic carbocycles. The molecular weight excluding hydrogens is 254 g/mol. The molecule has 2 fully saturated rings. The van der Waals surface area contributed by atoms with Crippen molar-refractivity contribution in [3.8, 4) is 0 Å². The molecule has 1 aromatic heterocycles. The number of amides is 1. The molecule has 18 heavy (non-hydrogen) atoms. The standard InChI is InChI=1S/C10H15N5O2S/c1-14-5-10(17-9(14)16)3-2-4-15(6-10)8-13-12-7(11)18-8/h2-6H2,1H3,(H2,11,12). The van der Waals surface area contributed by atoms with E-state index in [1.165, 1.54) is 11.3 Å². The number of rotatable bonds is 1. The summed E-state index contributed by atoms with van der Waals surface area (Å²) in [5.74, 6) is 0. The Labute approximate surface area is 109 Å². The van der Waals surface area contributed by atoms with Gasteiger partial charge < -0.3 is 20.3 Å². The number of aromatic nitrogens is 2. The summed E-state index contributed by atoms with van der Waals surface area (Å²) in [5.41, 5.74) is 5.20. The molecule has 0 radical (unpaired) electrons. The van der Waals surface area contributed by atoms with E-state index in [-0.39, 0.29) is 6.09 Å². The second-order valence-electron chi connectivity index (χ2n) is 4.86. The maximum Gasteiger partial charge on any atom is 0.410 e. The van der Waals surface area contributed by atoms with Gasteiger partial charge in [0.25, 0.3) is 0 Å². The predicted octanol–water partition coefficient (Wildman–Crippen LogP) is 0.541. The molecule has 0 bridgehead atoms. The minimum Gasteiger partial charge on any atom is -0.439 e. The number of nitrogens with zero attached hydrogens (tertiary/aromatic N) is 4. The molecule has 1 atom stereocenters. The number of anilines is 2. The average Bonchev–Trinajstić information content (AvgIpc) is 2.85. The third kappa shape index (κ3) is 1.86. The summed E-state index contributed by atoms with van der Waals surface area (Å²) in [5, 5.41) is 9.14. The average molecular weight is 269 g/mol. The SMILES string of the molecule is CN1CC2(CCCN(c3nnc(N)s3)C2)OC1=O. The largest absolute Gasteiger partial charge is 0.439 e. The summed E-state index contributed by atoms with van der Waals surface area (Å²) in [7, 11) is 1.76. The Hall–Kier alpha value is -1.57. The minimum atomic E-state index is -0.398. The molecule has 3 heterocycles. The fourth-order valence-electron chi connectivity index (χ4n) is 2.62. The second-order valence-corrected chi connectivity index (χ2v) is 5.84. The Kier molecular flexibility index (Phi) is 2.54. The van der Waals surface area contributed by atoms with Gasteiger partial charge in [-0.15, -0.1) is 10.2 Å². The topological polar surface area (TPSA) is 84.6 Å². The molecule has 2 aliphatic heterocycles. The van der Waals surface area contributed by atoms with Gasteiger partial charge in [0.2, 0.25) is 10.3 Å². The van der Waals surface area contributed by atoms with E-state index in [0.29, 0.717) is 18.2 Å². The molecule has 2 saturated heterocycles. The highest BCUT2D eigenvalue weighted by Crippen LogP contribution is 2.34. The van der Waals surface area contributed by atoms with Crippen molar-refractivity contribution >= 4 is 27.7 Å². The summed E-state index contributed by atoms with van der Waals surface area (Å²) in [6.45, 7) is 2.20. The highest BCUT2D eigenvalue weighted by atomic mass is 32.1. The van der Waals surface area contributed by atoms with Gasteiger partial charge in [0.05, 0.1) is 13.1 Å². The number of nitrogen functional groups attached to an aromatic ring is 1. The Morgan fingerprint density at radius 2 is 2.28 bits per heavy atom. The van der Waals surface area contributed by atoms with Gasteiger partial charge in [0, 0.05) is 13.6 Å². The van der Waals surface area contributed by atoms with Gasteiger partial charge in [-0.1, -0.05) is 11.3 Å². The molecular formula is C10H15N5O2S. The smallest absolute Gasteiger partial charge is 0.410 e. The normalized spacial score (nSPS) is 27.9. The number of hydrogen-bond acceptors (Lipinski definition) is 7. The summed E-state index contributed by atoms with van der Waals surface area (Å²) in [6, 6.07) is 0. The zero-order chi connectivity index (χ0) is 12.8. The van der Waals surface area contributed by atoms with Crippen LogP contribution in [0.2, 0.25) is 0 Å². The number of carbonyl (C=O) groups is 1. The van der Waals surface area contributed by atoms with Crippen LogP contribution in [0.5, 0.6) is 0 Å². The number of nitrogens with two attached hydrogens (primary N) is 1. The van der Waals surface area contributed by atoms with Crippen molar-refractivity contribution in [1.82, 2.24) is 15.1 Å². The molecule has 0 aliphatic carbocycles. The molecule has 1 aromatic rings. The first kappa shape index (κ1) is 11.5. The van der Waals surface area contributed by atoms with Crippen LogP contribution in [-0.2, 0) is 4.74 Å². The number of likely N-dealkylation sites (N-methyl/N-ethyl adjacent to an activating group) is 1. The zero-order valence-corrected chi connectivity index (χ0v) is 10.9. The molecule has 1 spiro atoms. The van der Waals surface area contributed by atoms with Crippen LogP contribution < -0.4 is 10.6 Å². The molecule has 1 unspecified atom stereocenters. The maximum atomic E-state index is 11.5. The summed E-state index contributed by atoms with van der Waals surface area (Å²) >= 11 is 1.37. The van der Waals surface area contributed by atoms with Crippen LogP contribution in [0.3, 0.4) is 0 Å². The van der Waals surface area contributed by atoms with Gasteiger partial charge >= 0.3 is 6.09 Å². The quantitative estimate of drug-likeness (QED) is 0.801.